The Labute approximate surface area is 165 Å². The van der Waals surface area contributed by atoms with Gasteiger partial charge in [-0.25, -0.2) is 22.9 Å². The van der Waals surface area contributed by atoms with Crippen molar-refractivity contribution in [2.24, 2.45) is 4.99 Å². The number of nitrogens with zero attached hydrogens (tertiary/aromatic N) is 2. The van der Waals surface area contributed by atoms with Crippen molar-refractivity contribution in [1.29, 1.82) is 0 Å². The molecule has 3 N–H and O–H groups in total. The summed E-state index contributed by atoms with van der Waals surface area (Å²) in [5, 5.41) is 7.15. The first-order chi connectivity index (χ1) is 12.7. The van der Waals surface area contributed by atoms with E-state index in [9.17, 15) is 13.2 Å². The molecule has 1 heterocycles. The van der Waals surface area contributed by atoms with Gasteiger partial charge in [-0.3, -0.25) is 4.99 Å². The van der Waals surface area contributed by atoms with Crippen LogP contribution in [0.2, 0.25) is 0 Å². The van der Waals surface area contributed by atoms with Crippen molar-refractivity contribution >= 4 is 33.3 Å². The molecule has 11 heteroatoms. The predicted molar refractivity (Wildman–Crippen MR) is 108 cm³/mol. The van der Waals surface area contributed by atoms with E-state index in [4.69, 9.17) is 4.74 Å². The van der Waals surface area contributed by atoms with Gasteiger partial charge in [-0.1, -0.05) is 0 Å². The number of aryl methyl sites for hydroxylation is 1. The number of carbonyl (C=O) groups is 1. The number of ether oxygens (including phenoxy) is 1. The Bertz CT molecular complexity index is 746. The highest BCUT2D eigenvalue weighted by Gasteiger charge is 2.20. The Hall–Kier alpha value is -1.72. The second kappa shape index (κ2) is 11.2. The van der Waals surface area contributed by atoms with Crippen LogP contribution in [-0.2, 0) is 14.8 Å². The first-order valence-corrected chi connectivity index (χ1v) is 11.5. The summed E-state index contributed by atoms with van der Waals surface area (Å²) in [6.45, 7) is 9.26. The van der Waals surface area contributed by atoms with Gasteiger partial charge in [-0.2, -0.15) is 0 Å². The lowest BCUT2D eigenvalue weighted by atomic mass is 10.3. The zero-order valence-corrected chi connectivity index (χ0v) is 18.1. The van der Waals surface area contributed by atoms with Crippen LogP contribution in [0.15, 0.2) is 4.99 Å². The third-order valence-corrected chi connectivity index (χ3v) is 5.36. The van der Waals surface area contributed by atoms with Crippen LogP contribution in [0.5, 0.6) is 0 Å². The van der Waals surface area contributed by atoms with E-state index in [-0.39, 0.29) is 12.0 Å². The molecule has 1 unspecified atom stereocenters. The van der Waals surface area contributed by atoms with Gasteiger partial charge in [0.2, 0.25) is 10.0 Å². The summed E-state index contributed by atoms with van der Waals surface area (Å²) in [7, 11) is -3.18. The molecule has 1 aromatic rings. The third kappa shape index (κ3) is 8.67. The Morgan fingerprint density at radius 2 is 2.07 bits per heavy atom. The average Bonchev–Trinajstić information content (AvgIpc) is 2.96. The molecule has 27 heavy (non-hydrogen) atoms. The zero-order valence-electron chi connectivity index (χ0n) is 16.5. The third-order valence-electron chi connectivity index (χ3n) is 3.31. The van der Waals surface area contributed by atoms with Gasteiger partial charge in [0, 0.05) is 19.6 Å². The quantitative estimate of drug-likeness (QED) is 0.225. The molecule has 0 aliphatic rings. The van der Waals surface area contributed by atoms with Crippen LogP contribution in [-0.4, -0.2) is 57.8 Å². The lowest BCUT2D eigenvalue weighted by Gasteiger charge is -2.16. The van der Waals surface area contributed by atoms with Crippen molar-refractivity contribution in [1.82, 2.24) is 20.3 Å². The van der Waals surface area contributed by atoms with Crippen molar-refractivity contribution in [3.05, 3.63) is 15.6 Å². The summed E-state index contributed by atoms with van der Waals surface area (Å²) in [5.41, 5.74) is 0.649. The summed E-state index contributed by atoms with van der Waals surface area (Å²) in [5.74, 6) is 0.250. The number of thiazole rings is 1. The molecule has 0 aliphatic heterocycles. The second-order valence-electron chi connectivity index (χ2n) is 5.83. The highest BCUT2D eigenvalue weighted by atomic mass is 32.2. The number of esters is 1. The van der Waals surface area contributed by atoms with Crippen molar-refractivity contribution < 1.29 is 17.9 Å². The number of hydrogen-bond donors (Lipinski definition) is 3. The van der Waals surface area contributed by atoms with Gasteiger partial charge in [-0.05, 0) is 34.1 Å². The van der Waals surface area contributed by atoms with Crippen molar-refractivity contribution in [3.8, 4) is 0 Å². The molecule has 9 nitrogen and oxygen atoms in total. The Balaban J connectivity index is 2.69. The molecule has 154 valence electrons. The maximum atomic E-state index is 11.9. The van der Waals surface area contributed by atoms with Crippen molar-refractivity contribution in [2.75, 3.05) is 32.5 Å². The van der Waals surface area contributed by atoms with Gasteiger partial charge in [0.25, 0.3) is 0 Å². The number of aromatic nitrogens is 1. The topological polar surface area (TPSA) is 122 Å². The van der Waals surface area contributed by atoms with Crippen LogP contribution < -0.4 is 15.4 Å². The average molecular weight is 420 g/mol. The maximum absolute atomic E-state index is 11.9. The molecule has 0 bridgehead atoms. The minimum Gasteiger partial charge on any atom is -0.462 e. The summed E-state index contributed by atoms with van der Waals surface area (Å²) in [6.07, 6.45) is 1.71. The molecule has 0 amide bonds. The van der Waals surface area contributed by atoms with E-state index in [0.29, 0.717) is 49.2 Å². The predicted octanol–water partition coefficient (Wildman–Crippen LogP) is 1.18. The van der Waals surface area contributed by atoms with Gasteiger partial charge in [0.1, 0.15) is 9.88 Å². The fourth-order valence-electron chi connectivity index (χ4n) is 2.10. The normalized spacial score (nSPS) is 13.3. The molecule has 1 aromatic heterocycles. The van der Waals surface area contributed by atoms with Gasteiger partial charge in [0.05, 0.1) is 24.6 Å². The molecule has 0 saturated carbocycles. The first kappa shape index (κ1) is 23.3. The molecule has 0 radical (unpaired) electrons. The number of rotatable bonds is 10. The summed E-state index contributed by atoms with van der Waals surface area (Å²) in [4.78, 5) is 21.3. The monoisotopic (exact) mass is 419 g/mol. The maximum Gasteiger partial charge on any atom is 0.350 e. The highest BCUT2D eigenvalue weighted by molar-refractivity contribution is 7.88. The lowest BCUT2D eigenvalue weighted by Crippen LogP contribution is -2.39. The van der Waals surface area contributed by atoms with Gasteiger partial charge >= 0.3 is 5.97 Å². The number of guanidine groups is 1. The van der Waals surface area contributed by atoms with Gasteiger partial charge in [0.15, 0.2) is 5.96 Å². The Morgan fingerprint density at radius 1 is 1.37 bits per heavy atom. The SMILES string of the molecule is CCNC(=NCCCNS(C)(=O)=O)NC(C)c1nc(C)c(C(=O)OCC)s1. The summed E-state index contributed by atoms with van der Waals surface area (Å²) < 4.78 is 29.6. The van der Waals surface area contributed by atoms with Crippen LogP contribution in [0.4, 0.5) is 0 Å². The minimum atomic E-state index is -3.18. The van der Waals surface area contributed by atoms with Gasteiger partial charge in [-0.15, -0.1) is 11.3 Å². The van der Waals surface area contributed by atoms with E-state index >= 15 is 0 Å². The molecule has 0 saturated heterocycles. The largest absolute Gasteiger partial charge is 0.462 e. The molecular formula is C16H29N5O4S2. The second-order valence-corrected chi connectivity index (χ2v) is 8.70. The number of aliphatic imine (C=N–C) groups is 1. The molecule has 0 aromatic carbocycles. The fourth-order valence-corrected chi connectivity index (χ4v) is 3.58. The van der Waals surface area contributed by atoms with Crippen LogP contribution in [0.1, 0.15) is 53.6 Å². The van der Waals surface area contributed by atoms with E-state index in [1.165, 1.54) is 11.3 Å². The Kier molecular flexibility index (Phi) is 9.67. The summed E-state index contributed by atoms with van der Waals surface area (Å²) in [6, 6.07) is -0.149. The molecule has 0 fully saturated rings. The minimum absolute atomic E-state index is 0.149. The van der Waals surface area contributed by atoms with Crippen molar-refractivity contribution in [3.63, 3.8) is 0 Å². The first-order valence-electron chi connectivity index (χ1n) is 8.81. The molecule has 1 atom stereocenters. The van der Waals surface area contributed by atoms with E-state index in [2.05, 4.69) is 25.3 Å². The molecule has 1 rings (SSSR count). The van der Waals surface area contributed by atoms with E-state index < -0.39 is 10.0 Å². The molecule has 0 aliphatic carbocycles. The summed E-state index contributed by atoms with van der Waals surface area (Å²) >= 11 is 1.30. The van der Waals surface area contributed by atoms with Crippen LogP contribution in [0, 0.1) is 6.92 Å². The smallest absolute Gasteiger partial charge is 0.350 e. The van der Waals surface area contributed by atoms with Crippen LogP contribution in [0.25, 0.3) is 0 Å². The lowest BCUT2D eigenvalue weighted by molar-refractivity contribution is 0.0531. The molecular weight excluding hydrogens is 390 g/mol. The van der Waals surface area contributed by atoms with Crippen LogP contribution in [0.3, 0.4) is 0 Å². The number of carbonyl (C=O) groups excluding carboxylic acids is 1. The van der Waals surface area contributed by atoms with E-state index in [1.54, 1.807) is 13.8 Å². The fraction of sp³-hybridized carbons (Fsp3) is 0.688. The van der Waals surface area contributed by atoms with Crippen LogP contribution >= 0.6 is 11.3 Å². The van der Waals surface area contributed by atoms with E-state index in [0.717, 1.165) is 11.3 Å². The number of sulfonamides is 1. The molecule has 0 spiro atoms. The zero-order chi connectivity index (χ0) is 20.4. The Morgan fingerprint density at radius 3 is 2.67 bits per heavy atom. The number of nitrogens with one attached hydrogen (secondary N) is 3. The van der Waals surface area contributed by atoms with Crippen molar-refractivity contribution in [2.45, 2.75) is 40.2 Å². The standard InChI is InChI=1S/C16H29N5O4S2/c1-6-17-16(18-9-8-10-19-27(5,23)24)21-12(4)14-20-11(3)13(26-14)15(22)25-7-2/h12,19H,6-10H2,1-5H3,(H2,17,18,21). The number of hydrogen-bond acceptors (Lipinski definition) is 7. The highest BCUT2D eigenvalue weighted by Crippen LogP contribution is 2.24. The van der Waals surface area contributed by atoms with Gasteiger partial charge < -0.3 is 15.4 Å². The van der Waals surface area contributed by atoms with E-state index in [1.807, 2.05) is 13.8 Å².